The van der Waals surface area contributed by atoms with E-state index in [1.165, 1.54) is 28.2 Å². The quantitative estimate of drug-likeness (QED) is 0.618. The Morgan fingerprint density at radius 1 is 1.17 bits per heavy atom. The largest absolute Gasteiger partial charge is 0.324 e. The van der Waals surface area contributed by atoms with Gasteiger partial charge >= 0.3 is 0 Å². The zero-order valence-corrected chi connectivity index (χ0v) is 18.9. The average molecular weight is 441 g/mol. The van der Waals surface area contributed by atoms with Gasteiger partial charge in [0.1, 0.15) is 0 Å². The summed E-state index contributed by atoms with van der Waals surface area (Å²) in [4.78, 5) is 33.4. The minimum atomic E-state index is -0.129. The number of fused-ring (bicyclic) bond motifs is 1. The first-order valence-corrected chi connectivity index (χ1v) is 11.5. The van der Waals surface area contributed by atoms with Crippen molar-refractivity contribution < 1.29 is 9.59 Å². The molecule has 0 saturated heterocycles. The Labute approximate surface area is 184 Å². The fourth-order valence-corrected chi connectivity index (χ4v) is 5.43. The average Bonchev–Trinajstić information content (AvgIpc) is 3.33. The summed E-state index contributed by atoms with van der Waals surface area (Å²) in [5.74, 6) is -0.139. The Morgan fingerprint density at radius 3 is 2.63 bits per heavy atom. The Morgan fingerprint density at radius 2 is 1.93 bits per heavy atom. The highest BCUT2D eigenvalue weighted by Crippen LogP contribution is 2.29. The van der Waals surface area contributed by atoms with Crippen LogP contribution in [0.2, 0.25) is 0 Å². The lowest BCUT2D eigenvalue weighted by atomic mass is 10.1. The van der Waals surface area contributed by atoms with Gasteiger partial charge in [0.15, 0.2) is 5.13 Å². The van der Waals surface area contributed by atoms with Crippen LogP contribution in [0.3, 0.4) is 0 Å². The minimum Gasteiger partial charge on any atom is -0.324 e. The number of hydrogen-bond acceptors (Lipinski definition) is 6. The predicted octanol–water partition coefficient (Wildman–Crippen LogP) is 4.38. The van der Waals surface area contributed by atoms with Gasteiger partial charge in [-0.1, -0.05) is 23.8 Å². The van der Waals surface area contributed by atoms with Crippen molar-refractivity contribution in [3.05, 3.63) is 61.8 Å². The number of hydrogen-bond donors (Lipinski definition) is 2. The molecular formula is C22H24N4O2S2. The molecule has 0 atom stereocenters. The van der Waals surface area contributed by atoms with E-state index < -0.39 is 0 Å². The van der Waals surface area contributed by atoms with Crippen LogP contribution in [0.4, 0.5) is 10.8 Å². The zero-order chi connectivity index (χ0) is 21.3. The number of nitrogens with one attached hydrogen (secondary N) is 2. The molecule has 156 valence electrons. The van der Waals surface area contributed by atoms with Crippen LogP contribution in [0, 0.1) is 20.8 Å². The molecule has 1 aliphatic heterocycles. The van der Waals surface area contributed by atoms with E-state index in [2.05, 4.69) is 39.6 Å². The number of thiazole rings is 1. The Kier molecular flexibility index (Phi) is 5.99. The molecule has 4 rings (SSSR count). The summed E-state index contributed by atoms with van der Waals surface area (Å²) >= 11 is 2.90. The number of benzene rings is 1. The number of carbonyl (C=O) groups excluding carboxylic acids is 2. The van der Waals surface area contributed by atoms with E-state index in [0.717, 1.165) is 40.4 Å². The van der Waals surface area contributed by atoms with Crippen molar-refractivity contribution in [2.75, 3.05) is 23.7 Å². The molecule has 6 nitrogen and oxygen atoms in total. The number of anilines is 2. The predicted molar refractivity (Wildman–Crippen MR) is 123 cm³/mol. The van der Waals surface area contributed by atoms with Crippen molar-refractivity contribution in [2.45, 2.75) is 33.7 Å². The third-order valence-corrected chi connectivity index (χ3v) is 6.95. The molecule has 3 heterocycles. The molecule has 3 aromatic rings. The highest BCUT2D eigenvalue weighted by molar-refractivity contribution is 7.16. The molecule has 2 aromatic heterocycles. The van der Waals surface area contributed by atoms with Crippen LogP contribution < -0.4 is 10.6 Å². The molecule has 0 unspecified atom stereocenters. The maximum Gasteiger partial charge on any atom is 0.267 e. The molecule has 1 aliphatic rings. The summed E-state index contributed by atoms with van der Waals surface area (Å²) < 4.78 is 0. The maximum atomic E-state index is 12.6. The Bertz CT molecular complexity index is 1070. The van der Waals surface area contributed by atoms with Crippen molar-refractivity contribution in [3.63, 3.8) is 0 Å². The highest BCUT2D eigenvalue weighted by atomic mass is 32.1. The van der Waals surface area contributed by atoms with Gasteiger partial charge in [-0.3, -0.25) is 19.8 Å². The van der Waals surface area contributed by atoms with Crippen LogP contribution in [0.5, 0.6) is 0 Å². The van der Waals surface area contributed by atoms with Crippen molar-refractivity contribution in [3.8, 4) is 0 Å². The summed E-state index contributed by atoms with van der Waals surface area (Å²) in [5, 5.41) is 8.46. The summed E-state index contributed by atoms with van der Waals surface area (Å²) in [6.45, 7) is 7.87. The van der Waals surface area contributed by atoms with Gasteiger partial charge in [-0.2, -0.15) is 0 Å². The third kappa shape index (κ3) is 4.61. The molecule has 30 heavy (non-hydrogen) atoms. The first-order valence-electron chi connectivity index (χ1n) is 9.82. The molecule has 0 radical (unpaired) electrons. The summed E-state index contributed by atoms with van der Waals surface area (Å²) in [6, 6.07) is 7.82. The highest BCUT2D eigenvalue weighted by Gasteiger charge is 2.23. The van der Waals surface area contributed by atoms with Crippen LogP contribution in [-0.2, 0) is 17.8 Å². The number of nitrogens with zero attached hydrogens (tertiary/aromatic N) is 2. The fraction of sp³-hybridized carbons (Fsp3) is 0.318. The van der Waals surface area contributed by atoms with E-state index >= 15 is 0 Å². The van der Waals surface area contributed by atoms with Gasteiger partial charge in [0.2, 0.25) is 5.91 Å². The fourth-order valence-electron chi connectivity index (χ4n) is 3.76. The monoisotopic (exact) mass is 440 g/mol. The lowest BCUT2D eigenvalue weighted by molar-refractivity contribution is -0.117. The van der Waals surface area contributed by atoms with Crippen LogP contribution in [0.25, 0.3) is 0 Å². The van der Waals surface area contributed by atoms with E-state index in [1.807, 2.05) is 25.3 Å². The molecule has 1 aromatic carbocycles. The molecule has 0 fully saturated rings. The number of rotatable bonds is 5. The van der Waals surface area contributed by atoms with E-state index in [1.54, 1.807) is 6.07 Å². The van der Waals surface area contributed by atoms with Crippen LogP contribution >= 0.6 is 22.7 Å². The minimum absolute atomic E-state index is 0.00996. The third-order valence-electron chi connectivity index (χ3n) is 5.08. The van der Waals surface area contributed by atoms with Crippen molar-refractivity contribution in [1.82, 2.24) is 9.88 Å². The van der Waals surface area contributed by atoms with Gasteiger partial charge in [-0.05, 0) is 43.3 Å². The van der Waals surface area contributed by atoms with Gasteiger partial charge in [0.25, 0.3) is 5.91 Å². The van der Waals surface area contributed by atoms with Gasteiger partial charge in [0, 0.05) is 30.1 Å². The molecule has 0 saturated carbocycles. The number of aryl methyl sites for hydroxylation is 3. The van der Waals surface area contributed by atoms with E-state index in [4.69, 9.17) is 0 Å². The lowest BCUT2D eigenvalue weighted by Gasteiger charge is -2.25. The number of aromatic nitrogens is 1. The summed E-state index contributed by atoms with van der Waals surface area (Å²) in [5.41, 5.74) is 5.27. The van der Waals surface area contributed by atoms with Gasteiger partial charge in [0.05, 0.1) is 17.1 Å². The second-order valence-corrected chi connectivity index (χ2v) is 9.63. The topological polar surface area (TPSA) is 74.3 Å². The normalized spacial score (nSPS) is 13.7. The SMILES string of the molecule is Cc1cc(C)c(NC(=O)CN2CCc3nc(NC(=O)c4cccs4)sc3C2)c(C)c1. The van der Waals surface area contributed by atoms with Crippen molar-refractivity contribution in [2.24, 2.45) is 0 Å². The van der Waals surface area contributed by atoms with Gasteiger partial charge in [-0.25, -0.2) is 4.98 Å². The van der Waals surface area contributed by atoms with Crippen LogP contribution in [0.15, 0.2) is 29.6 Å². The van der Waals surface area contributed by atoms with E-state index in [9.17, 15) is 9.59 Å². The molecule has 2 amide bonds. The standard InChI is InChI=1S/C22H24N4O2S2/c1-13-9-14(2)20(15(3)10-13)24-19(27)12-26-7-6-16-18(11-26)30-22(23-16)25-21(28)17-5-4-8-29-17/h4-5,8-10H,6-7,11-12H2,1-3H3,(H,24,27)(H,23,25,28). The molecule has 0 bridgehead atoms. The molecule has 0 aliphatic carbocycles. The molecular weight excluding hydrogens is 416 g/mol. The Hall–Kier alpha value is -2.55. The molecule has 0 spiro atoms. The number of amides is 2. The van der Waals surface area contributed by atoms with Gasteiger partial charge < -0.3 is 5.32 Å². The molecule has 2 N–H and O–H groups in total. The molecule has 8 heteroatoms. The van der Waals surface area contributed by atoms with E-state index in [0.29, 0.717) is 23.1 Å². The smallest absolute Gasteiger partial charge is 0.267 e. The summed E-state index contributed by atoms with van der Waals surface area (Å²) in [7, 11) is 0. The second kappa shape index (κ2) is 8.67. The zero-order valence-electron chi connectivity index (χ0n) is 17.2. The number of thiophene rings is 1. The van der Waals surface area contributed by atoms with Crippen molar-refractivity contribution in [1.29, 1.82) is 0 Å². The lowest BCUT2D eigenvalue weighted by Crippen LogP contribution is -2.36. The van der Waals surface area contributed by atoms with Gasteiger partial charge in [-0.15, -0.1) is 22.7 Å². The number of carbonyl (C=O) groups is 2. The Balaban J connectivity index is 1.37. The maximum absolute atomic E-state index is 12.6. The second-order valence-electron chi connectivity index (χ2n) is 7.60. The van der Waals surface area contributed by atoms with Crippen LogP contribution in [-0.4, -0.2) is 34.8 Å². The summed E-state index contributed by atoms with van der Waals surface area (Å²) in [6.07, 6.45) is 0.774. The van der Waals surface area contributed by atoms with Crippen LogP contribution in [0.1, 0.15) is 36.9 Å². The van der Waals surface area contributed by atoms with E-state index in [-0.39, 0.29) is 11.8 Å². The first-order chi connectivity index (χ1) is 14.4. The first kappa shape index (κ1) is 20.7. The van der Waals surface area contributed by atoms with Crippen molar-refractivity contribution >= 4 is 45.3 Å².